The topological polar surface area (TPSA) is 25.9 Å². The highest BCUT2D eigenvalue weighted by Gasteiger charge is 2.08. The van der Waals surface area contributed by atoms with Gasteiger partial charge in [0.05, 0.1) is 5.69 Å². The van der Waals surface area contributed by atoms with E-state index in [1.165, 1.54) is 0 Å². The van der Waals surface area contributed by atoms with E-state index in [9.17, 15) is 0 Å². The lowest BCUT2D eigenvalue weighted by atomic mass is 10.3. The summed E-state index contributed by atoms with van der Waals surface area (Å²) < 4.78 is 0. The third-order valence-electron chi connectivity index (χ3n) is 3.68. The Morgan fingerprint density at radius 1 is 0.773 bits per heavy atom. The highest BCUT2D eigenvalue weighted by Crippen LogP contribution is 1.99. The molecule has 126 valence electrons. The molecule has 1 rings (SSSR count). The molecule has 22 heavy (non-hydrogen) atoms. The van der Waals surface area contributed by atoms with Crippen LogP contribution in [0.25, 0.3) is 0 Å². The Bertz CT molecular complexity index is 368. The average molecular weight is 307 g/mol. The Hall–Kier alpha value is -1.01. The molecule has 0 unspecified atom stereocenters. The van der Waals surface area contributed by atoms with Crippen LogP contribution in [0.1, 0.15) is 5.69 Å². The maximum Gasteiger partial charge on any atom is 0.0543 e. The zero-order valence-corrected chi connectivity index (χ0v) is 15.0. The third-order valence-corrected chi connectivity index (χ3v) is 3.68. The van der Waals surface area contributed by atoms with Crippen molar-refractivity contribution in [3.8, 4) is 0 Å². The molecule has 0 atom stereocenters. The van der Waals surface area contributed by atoms with Crippen molar-refractivity contribution < 1.29 is 0 Å². The minimum atomic E-state index is 0.913. The van der Waals surface area contributed by atoms with Crippen LogP contribution in [0, 0.1) is 0 Å². The molecule has 0 bridgehead atoms. The molecule has 0 saturated heterocycles. The van der Waals surface area contributed by atoms with E-state index in [4.69, 9.17) is 0 Å². The van der Waals surface area contributed by atoms with Gasteiger partial charge in [-0.1, -0.05) is 6.07 Å². The molecule has 0 aliphatic heterocycles. The van der Waals surface area contributed by atoms with E-state index in [0.717, 1.165) is 51.5 Å². The van der Waals surface area contributed by atoms with Crippen LogP contribution in [0.15, 0.2) is 24.4 Å². The molecule has 0 saturated carbocycles. The molecule has 1 aromatic heterocycles. The summed E-state index contributed by atoms with van der Waals surface area (Å²) in [5, 5.41) is 0. The van der Waals surface area contributed by atoms with Crippen molar-refractivity contribution in [2.24, 2.45) is 0 Å². The summed E-state index contributed by atoms with van der Waals surface area (Å²) >= 11 is 0. The first-order valence-corrected chi connectivity index (χ1v) is 8.07. The largest absolute Gasteiger partial charge is 0.308 e. The van der Waals surface area contributed by atoms with E-state index >= 15 is 0 Å². The molecular formula is C17H33N5. The second kappa shape index (κ2) is 10.7. The number of likely N-dealkylation sites (N-methyl/N-ethyl adjacent to an activating group) is 3. The van der Waals surface area contributed by atoms with Gasteiger partial charge in [-0.15, -0.1) is 0 Å². The highest BCUT2D eigenvalue weighted by molar-refractivity contribution is 5.02. The Kier molecular flexibility index (Phi) is 9.24. The monoisotopic (exact) mass is 307 g/mol. The third kappa shape index (κ3) is 9.10. The van der Waals surface area contributed by atoms with Gasteiger partial charge in [-0.05, 0) is 47.4 Å². The Labute approximate surface area is 136 Å². The standard InChI is InChI=1S/C17H33N5/c1-19(2)10-13-22(14-11-20(3)4)15-12-21(5)16-17-8-6-7-9-18-17/h6-9H,10-16H2,1-5H3. The second-order valence-corrected chi connectivity index (χ2v) is 6.51. The van der Waals surface area contributed by atoms with Gasteiger partial charge in [0, 0.05) is 52.0 Å². The van der Waals surface area contributed by atoms with E-state index in [-0.39, 0.29) is 0 Å². The molecule has 5 nitrogen and oxygen atoms in total. The Morgan fingerprint density at radius 3 is 1.86 bits per heavy atom. The van der Waals surface area contributed by atoms with Crippen molar-refractivity contribution in [1.29, 1.82) is 0 Å². The summed E-state index contributed by atoms with van der Waals surface area (Å²) in [5.74, 6) is 0. The highest BCUT2D eigenvalue weighted by atomic mass is 15.2. The number of hydrogen-bond donors (Lipinski definition) is 0. The number of aromatic nitrogens is 1. The predicted molar refractivity (Wildman–Crippen MR) is 94.1 cm³/mol. The van der Waals surface area contributed by atoms with Crippen LogP contribution in [0.2, 0.25) is 0 Å². The fourth-order valence-corrected chi connectivity index (χ4v) is 2.18. The fraction of sp³-hybridized carbons (Fsp3) is 0.706. The normalized spacial score (nSPS) is 12.0. The van der Waals surface area contributed by atoms with Crippen LogP contribution in [0.3, 0.4) is 0 Å². The summed E-state index contributed by atoms with van der Waals surface area (Å²) in [5.41, 5.74) is 1.14. The van der Waals surface area contributed by atoms with Gasteiger partial charge < -0.3 is 9.80 Å². The molecule has 0 aliphatic carbocycles. The molecular weight excluding hydrogens is 274 g/mol. The average Bonchev–Trinajstić information content (AvgIpc) is 2.47. The quantitative estimate of drug-likeness (QED) is 0.606. The van der Waals surface area contributed by atoms with Crippen LogP contribution in [-0.4, -0.2) is 99.1 Å². The first-order valence-electron chi connectivity index (χ1n) is 8.07. The maximum absolute atomic E-state index is 4.40. The SMILES string of the molecule is CN(C)CCN(CCN(C)C)CCN(C)Cc1ccccn1. The summed E-state index contributed by atoms with van der Waals surface area (Å²) in [4.78, 5) is 13.8. The van der Waals surface area contributed by atoms with Gasteiger partial charge in [0.2, 0.25) is 0 Å². The van der Waals surface area contributed by atoms with Crippen molar-refractivity contribution in [3.05, 3.63) is 30.1 Å². The molecule has 5 heteroatoms. The van der Waals surface area contributed by atoms with Crippen LogP contribution >= 0.6 is 0 Å². The van der Waals surface area contributed by atoms with Crippen LogP contribution < -0.4 is 0 Å². The summed E-state index contributed by atoms with van der Waals surface area (Å²) in [6, 6.07) is 6.11. The minimum Gasteiger partial charge on any atom is -0.308 e. The van der Waals surface area contributed by atoms with Crippen LogP contribution in [-0.2, 0) is 6.54 Å². The zero-order chi connectivity index (χ0) is 16.4. The Balaban J connectivity index is 2.36. The van der Waals surface area contributed by atoms with E-state index in [2.05, 4.69) is 72.0 Å². The predicted octanol–water partition coefficient (Wildman–Crippen LogP) is 0.939. The summed E-state index contributed by atoms with van der Waals surface area (Å²) in [7, 11) is 10.7. The van der Waals surface area contributed by atoms with Crippen LogP contribution in [0.5, 0.6) is 0 Å². The first-order chi connectivity index (χ1) is 10.5. The van der Waals surface area contributed by atoms with Gasteiger partial charge in [-0.2, -0.15) is 0 Å². The van der Waals surface area contributed by atoms with E-state index in [0.29, 0.717) is 0 Å². The van der Waals surface area contributed by atoms with Gasteiger partial charge >= 0.3 is 0 Å². The number of rotatable bonds is 11. The van der Waals surface area contributed by atoms with E-state index < -0.39 is 0 Å². The lowest BCUT2D eigenvalue weighted by molar-refractivity contribution is 0.190. The molecule has 0 radical (unpaired) electrons. The molecule has 0 amide bonds. The van der Waals surface area contributed by atoms with Crippen molar-refractivity contribution in [2.75, 3.05) is 74.5 Å². The fourth-order valence-electron chi connectivity index (χ4n) is 2.18. The van der Waals surface area contributed by atoms with Gasteiger partial charge in [0.15, 0.2) is 0 Å². The van der Waals surface area contributed by atoms with E-state index in [1.807, 2.05) is 12.3 Å². The minimum absolute atomic E-state index is 0.913. The molecule has 1 aromatic rings. The number of hydrogen-bond acceptors (Lipinski definition) is 5. The van der Waals surface area contributed by atoms with Gasteiger partial charge in [-0.25, -0.2) is 0 Å². The second-order valence-electron chi connectivity index (χ2n) is 6.51. The van der Waals surface area contributed by atoms with Crippen molar-refractivity contribution in [1.82, 2.24) is 24.6 Å². The summed E-state index contributed by atoms with van der Waals surface area (Å²) in [6.45, 7) is 7.55. The van der Waals surface area contributed by atoms with Crippen molar-refractivity contribution in [2.45, 2.75) is 6.54 Å². The first kappa shape index (κ1) is 19.0. The van der Waals surface area contributed by atoms with Gasteiger partial charge in [0.25, 0.3) is 0 Å². The lowest BCUT2D eigenvalue weighted by Crippen LogP contribution is -2.40. The molecule has 0 spiro atoms. The smallest absolute Gasteiger partial charge is 0.0543 e. The molecule has 1 heterocycles. The zero-order valence-electron chi connectivity index (χ0n) is 15.0. The van der Waals surface area contributed by atoms with Gasteiger partial charge in [0.1, 0.15) is 0 Å². The lowest BCUT2D eigenvalue weighted by Gasteiger charge is -2.27. The Morgan fingerprint density at radius 2 is 1.36 bits per heavy atom. The van der Waals surface area contributed by atoms with Crippen LogP contribution in [0.4, 0.5) is 0 Å². The number of pyridine rings is 1. The van der Waals surface area contributed by atoms with Crippen molar-refractivity contribution >= 4 is 0 Å². The van der Waals surface area contributed by atoms with Crippen molar-refractivity contribution in [3.63, 3.8) is 0 Å². The summed E-state index contributed by atoms with van der Waals surface area (Å²) in [6.07, 6.45) is 1.86. The van der Waals surface area contributed by atoms with E-state index in [1.54, 1.807) is 0 Å². The molecule has 0 fully saturated rings. The molecule has 0 aliphatic rings. The molecule has 0 N–H and O–H groups in total. The number of nitrogens with zero attached hydrogens (tertiary/aromatic N) is 5. The van der Waals surface area contributed by atoms with Gasteiger partial charge in [-0.3, -0.25) is 14.8 Å². The molecule has 0 aromatic carbocycles. The maximum atomic E-state index is 4.40.